The molecule has 136 valence electrons. The molecule has 0 aromatic carbocycles. The van der Waals surface area contributed by atoms with Gasteiger partial charge in [0, 0.05) is 12.0 Å². The van der Waals surface area contributed by atoms with Crippen molar-refractivity contribution in [2.45, 2.75) is 59.4 Å². The number of carbonyl (C=O) groups excluding carboxylic acids is 2. The van der Waals surface area contributed by atoms with E-state index in [0.717, 1.165) is 49.3 Å². The van der Waals surface area contributed by atoms with Crippen molar-refractivity contribution in [1.82, 2.24) is 4.90 Å². The molecule has 0 heterocycles. The third-order valence-electron chi connectivity index (χ3n) is 4.86. The standard InChI is InChI=1S/C19H32N2O2S/c1-6-9-21(7-2)14(4)17(22)12-16-11-15(8-10-24-5)13(3)18(16)19(20)23/h14H,6-12H2,1-5H3,(H2,20,23). The minimum Gasteiger partial charge on any atom is -0.366 e. The summed E-state index contributed by atoms with van der Waals surface area (Å²) in [6.45, 7) is 9.91. The number of hydrogen-bond acceptors (Lipinski definition) is 4. The van der Waals surface area contributed by atoms with E-state index in [1.807, 2.05) is 13.8 Å². The van der Waals surface area contributed by atoms with Crippen molar-refractivity contribution in [3.05, 3.63) is 22.3 Å². The Morgan fingerprint density at radius 2 is 1.96 bits per heavy atom. The fourth-order valence-corrected chi connectivity index (χ4v) is 3.86. The van der Waals surface area contributed by atoms with Crippen LogP contribution < -0.4 is 5.73 Å². The first-order chi connectivity index (χ1) is 11.4. The van der Waals surface area contributed by atoms with Crippen LogP contribution in [0.4, 0.5) is 0 Å². The van der Waals surface area contributed by atoms with Crippen LogP contribution in [0, 0.1) is 0 Å². The summed E-state index contributed by atoms with van der Waals surface area (Å²) in [4.78, 5) is 26.8. The molecule has 4 nitrogen and oxygen atoms in total. The van der Waals surface area contributed by atoms with Crippen LogP contribution in [0.15, 0.2) is 22.3 Å². The van der Waals surface area contributed by atoms with E-state index in [2.05, 4.69) is 25.0 Å². The smallest absolute Gasteiger partial charge is 0.248 e. The first kappa shape index (κ1) is 21.0. The van der Waals surface area contributed by atoms with Gasteiger partial charge >= 0.3 is 0 Å². The second-order valence-electron chi connectivity index (χ2n) is 6.44. The summed E-state index contributed by atoms with van der Waals surface area (Å²) in [6.07, 6.45) is 5.11. The maximum atomic E-state index is 12.7. The van der Waals surface area contributed by atoms with Crippen LogP contribution in [0.3, 0.4) is 0 Å². The molecular weight excluding hydrogens is 320 g/mol. The average molecular weight is 353 g/mol. The van der Waals surface area contributed by atoms with Crippen LogP contribution in [0.1, 0.15) is 53.4 Å². The summed E-state index contributed by atoms with van der Waals surface area (Å²) < 4.78 is 0. The highest BCUT2D eigenvalue weighted by molar-refractivity contribution is 7.98. The maximum absolute atomic E-state index is 12.7. The van der Waals surface area contributed by atoms with E-state index in [1.54, 1.807) is 11.8 Å². The second-order valence-corrected chi connectivity index (χ2v) is 7.42. The largest absolute Gasteiger partial charge is 0.366 e. The molecule has 1 atom stereocenters. The molecule has 1 rings (SSSR count). The Labute approximate surface area is 150 Å². The molecule has 0 aromatic rings. The molecule has 0 saturated heterocycles. The highest BCUT2D eigenvalue weighted by atomic mass is 32.2. The molecule has 0 saturated carbocycles. The van der Waals surface area contributed by atoms with Gasteiger partial charge in [0.1, 0.15) is 0 Å². The van der Waals surface area contributed by atoms with Gasteiger partial charge in [-0.05, 0) is 69.4 Å². The lowest BCUT2D eigenvalue weighted by atomic mass is 9.98. The van der Waals surface area contributed by atoms with Crippen molar-refractivity contribution in [2.24, 2.45) is 5.73 Å². The van der Waals surface area contributed by atoms with Gasteiger partial charge in [-0.25, -0.2) is 0 Å². The van der Waals surface area contributed by atoms with E-state index >= 15 is 0 Å². The first-order valence-electron chi connectivity index (χ1n) is 8.83. The monoisotopic (exact) mass is 352 g/mol. The van der Waals surface area contributed by atoms with Crippen molar-refractivity contribution < 1.29 is 9.59 Å². The van der Waals surface area contributed by atoms with E-state index in [4.69, 9.17) is 5.73 Å². The number of thioether (sulfide) groups is 1. The maximum Gasteiger partial charge on any atom is 0.248 e. The Morgan fingerprint density at radius 3 is 2.46 bits per heavy atom. The van der Waals surface area contributed by atoms with Crippen LogP contribution in [-0.4, -0.2) is 47.7 Å². The minimum absolute atomic E-state index is 0.118. The molecule has 1 amide bonds. The SMILES string of the molecule is CCCN(CC)C(C)C(=O)CC1=C(C(N)=O)C(C)=C(CCSC)C1. The summed E-state index contributed by atoms with van der Waals surface area (Å²) in [5.74, 6) is 0.803. The van der Waals surface area contributed by atoms with Crippen molar-refractivity contribution in [1.29, 1.82) is 0 Å². The van der Waals surface area contributed by atoms with Crippen LogP contribution in [0.5, 0.6) is 0 Å². The number of amides is 1. The van der Waals surface area contributed by atoms with Crippen LogP contribution in [0.25, 0.3) is 0 Å². The van der Waals surface area contributed by atoms with Crippen molar-refractivity contribution in [3.63, 3.8) is 0 Å². The minimum atomic E-state index is -0.400. The van der Waals surface area contributed by atoms with Crippen molar-refractivity contribution in [2.75, 3.05) is 25.1 Å². The van der Waals surface area contributed by atoms with E-state index in [-0.39, 0.29) is 11.8 Å². The number of primary amides is 1. The van der Waals surface area contributed by atoms with Crippen molar-refractivity contribution in [3.8, 4) is 0 Å². The zero-order valence-electron chi connectivity index (χ0n) is 15.8. The quantitative estimate of drug-likeness (QED) is 0.619. The highest BCUT2D eigenvalue weighted by Crippen LogP contribution is 2.36. The summed E-state index contributed by atoms with van der Waals surface area (Å²) in [5.41, 5.74) is 9.37. The Hall–Kier alpha value is -1.07. The normalized spacial score (nSPS) is 16.2. The van der Waals surface area contributed by atoms with Gasteiger partial charge in [0.05, 0.1) is 6.04 Å². The molecule has 0 bridgehead atoms. The number of carbonyl (C=O) groups is 2. The molecular formula is C19H32N2O2S. The number of rotatable bonds is 11. The topological polar surface area (TPSA) is 63.4 Å². The lowest BCUT2D eigenvalue weighted by Gasteiger charge is -2.26. The first-order valence-corrected chi connectivity index (χ1v) is 10.2. The zero-order chi connectivity index (χ0) is 18.3. The lowest BCUT2D eigenvalue weighted by molar-refractivity contribution is -0.123. The van der Waals surface area contributed by atoms with Gasteiger partial charge in [0.25, 0.3) is 0 Å². The molecule has 0 aromatic heterocycles. The zero-order valence-corrected chi connectivity index (χ0v) is 16.6. The van der Waals surface area contributed by atoms with Crippen LogP contribution >= 0.6 is 11.8 Å². The van der Waals surface area contributed by atoms with Gasteiger partial charge in [0.2, 0.25) is 5.91 Å². The Balaban J connectivity index is 2.89. The molecule has 1 aliphatic rings. The second kappa shape index (κ2) is 10.0. The number of nitrogens with zero attached hydrogens (tertiary/aromatic N) is 1. The van der Waals surface area contributed by atoms with E-state index in [1.165, 1.54) is 5.57 Å². The number of hydrogen-bond donors (Lipinski definition) is 1. The molecule has 0 radical (unpaired) electrons. The number of ketones is 1. The predicted octanol–water partition coefficient (Wildman–Crippen LogP) is 3.32. The molecule has 0 fully saturated rings. The van der Waals surface area contributed by atoms with Gasteiger partial charge in [-0.15, -0.1) is 0 Å². The van der Waals surface area contributed by atoms with E-state index < -0.39 is 5.91 Å². The summed E-state index contributed by atoms with van der Waals surface area (Å²) in [7, 11) is 0. The fourth-order valence-electron chi connectivity index (χ4n) is 3.41. The van der Waals surface area contributed by atoms with Crippen LogP contribution in [0.2, 0.25) is 0 Å². The average Bonchev–Trinajstić information content (AvgIpc) is 2.85. The number of Topliss-reactive ketones (excluding diaryl/α,β-unsaturated/α-hetero) is 1. The molecule has 1 aliphatic carbocycles. The summed E-state index contributed by atoms with van der Waals surface area (Å²) >= 11 is 1.79. The molecule has 2 N–H and O–H groups in total. The third-order valence-corrected chi connectivity index (χ3v) is 5.47. The Bertz CT molecular complexity index is 537. The molecule has 5 heteroatoms. The van der Waals surface area contributed by atoms with Crippen LogP contribution in [-0.2, 0) is 9.59 Å². The van der Waals surface area contributed by atoms with E-state index in [0.29, 0.717) is 12.0 Å². The molecule has 1 unspecified atom stereocenters. The highest BCUT2D eigenvalue weighted by Gasteiger charge is 2.28. The molecule has 24 heavy (non-hydrogen) atoms. The number of likely N-dealkylation sites (N-methyl/N-ethyl adjacent to an activating group) is 1. The van der Waals surface area contributed by atoms with Crippen molar-refractivity contribution >= 4 is 23.5 Å². The lowest BCUT2D eigenvalue weighted by Crippen LogP contribution is -2.39. The van der Waals surface area contributed by atoms with Gasteiger partial charge in [-0.1, -0.05) is 19.4 Å². The molecule has 0 aliphatic heterocycles. The Kier molecular flexibility index (Phi) is 8.78. The van der Waals surface area contributed by atoms with Gasteiger partial charge in [0.15, 0.2) is 5.78 Å². The van der Waals surface area contributed by atoms with Gasteiger partial charge in [-0.3, -0.25) is 14.5 Å². The Morgan fingerprint density at radius 1 is 1.29 bits per heavy atom. The number of nitrogens with two attached hydrogens (primary N) is 1. The van der Waals surface area contributed by atoms with Gasteiger partial charge < -0.3 is 5.73 Å². The van der Waals surface area contributed by atoms with E-state index in [9.17, 15) is 9.59 Å². The van der Waals surface area contributed by atoms with Gasteiger partial charge in [-0.2, -0.15) is 11.8 Å². The fraction of sp³-hybridized carbons (Fsp3) is 0.684. The third kappa shape index (κ3) is 5.21. The summed E-state index contributed by atoms with van der Waals surface area (Å²) in [5, 5.41) is 0. The predicted molar refractivity (Wildman–Crippen MR) is 103 cm³/mol. The number of allylic oxidation sites excluding steroid dienone is 2. The summed E-state index contributed by atoms with van der Waals surface area (Å²) in [6, 6.07) is -0.118. The molecule has 0 spiro atoms.